The number of aliphatic imine (C=N–C) groups is 1. The summed E-state index contributed by atoms with van der Waals surface area (Å²) in [6.45, 7) is 7.64. The molecule has 0 aliphatic carbocycles. The van der Waals surface area contributed by atoms with Gasteiger partial charge in [0.15, 0.2) is 5.96 Å². The SMILES string of the molecule is CCOC1CCN(C(=NC)NCc2ncccc2C)CC1. The van der Waals surface area contributed by atoms with Gasteiger partial charge in [-0.25, -0.2) is 0 Å². The lowest BCUT2D eigenvalue weighted by molar-refractivity contribution is 0.0263. The van der Waals surface area contributed by atoms with Crippen molar-refractivity contribution < 1.29 is 4.74 Å². The minimum atomic E-state index is 0.405. The summed E-state index contributed by atoms with van der Waals surface area (Å²) in [7, 11) is 1.84. The van der Waals surface area contributed by atoms with E-state index >= 15 is 0 Å². The monoisotopic (exact) mass is 290 g/mol. The molecule has 0 atom stereocenters. The van der Waals surface area contributed by atoms with E-state index in [1.807, 2.05) is 19.3 Å². The van der Waals surface area contributed by atoms with E-state index in [1.54, 1.807) is 0 Å². The Hall–Kier alpha value is -1.62. The standard InChI is InChI=1S/C16H26N4O/c1-4-21-14-7-10-20(11-8-14)16(17-3)19-12-15-13(2)6-5-9-18-15/h5-6,9,14H,4,7-8,10-12H2,1-3H3,(H,17,19). The van der Waals surface area contributed by atoms with E-state index < -0.39 is 0 Å². The van der Waals surface area contributed by atoms with Crippen molar-refractivity contribution in [3.63, 3.8) is 0 Å². The van der Waals surface area contributed by atoms with E-state index in [-0.39, 0.29) is 0 Å². The molecule has 1 aromatic rings. The highest BCUT2D eigenvalue weighted by Crippen LogP contribution is 2.14. The molecule has 5 nitrogen and oxygen atoms in total. The molecule has 1 aliphatic rings. The zero-order valence-electron chi connectivity index (χ0n) is 13.3. The molecule has 5 heteroatoms. The van der Waals surface area contributed by atoms with Crippen LogP contribution in [0.3, 0.4) is 0 Å². The fourth-order valence-electron chi connectivity index (χ4n) is 2.67. The van der Waals surface area contributed by atoms with Crippen LogP contribution in [0, 0.1) is 6.92 Å². The van der Waals surface area contributed by atoms with Crippen LogP contribution in [-0.2, 0) is 11.3 Å². The predicted octanol–water partition coefficient (Wildman–Crippen LogP) is 1.97. The summed E-state index contributed by atoms with van der Waals surface area (Å²) in [4.78, 5) is 11.1. The predicted molar refractivity (Wildman–Crippen MR) is 85.4 cm³/mol. The molecule has 1 aromatic heterocycles. The molecule has 0 radical (unpaired) electrons. The topological polar surface area (TPSA) is 49.8 Å². The van der Waals surface area contributed by atoms with E-state index in [4.69, 9.17) is 4.74 Å². The first-order chi connectivity index (χ1) is 10.2. The Bertz CT molecular complexity index is 467. The molecule has 1 saturated heterocycles. The van der Waals surface area contributed by atoms with Crippen LogP contribution in [0.15, 0.2) is 23.3 Å². The summed E-state index contributed by atoms with van der Waals surface area (Å²) in [6.07, 6.45) is 4.37. The van der Waals surface area contributed by atoms with Gasteiger partial charge in [-0.2, -0.15) is 0 Å². The zero-order valence-corrected chi connectivity index (χ0v) is 13.3. The Labute approximate surface area is 127 Å². The Morgan fingerprint density at radius 3 is 2.86 bits per heavy atom. The lowest BCUT2D eigenvalue weighted by Crippen LogP contribution is -2.46. The van der Waals surface area contributed by atoms with Crippen molar-refractivity contribution in [2.24, 2.45) is 4.99 Å². The van der Waals surface area contributed by atoms with Gasteiger partial charge in [0.25, 0.3) is 0 Å². The van der Waals surface area contributed by atoms with Crippen molar-refractivity contribution in [2.75, 3.05) is 26.7 Å². The van der Waals surface area contributed by atoms with E-state index in [0.717, 1.165) is 44.2 Å². The molecule has 2 heterocycles. The van der Waals surface area contributed by atoms with Crippen molar-refractivity contribution in [3.8, 4) is 0 Å². The van der Waals surface area contributed by atoms with Gasteiger partial charge in [-0.3, -0.25) is 9.98 Å². The van der Waals surface area contributed by atoms with Crippen LogP contribution >= 0.6 is 0 Å². The van der Waals surface area contributed by atoms with Crippen molar-refractivity contribution >= 4 is 5.96 Å². The minimum Gasteiger partial charge on any atom is -0.378 e. The van der Waals surface area contributed by atoms with Gasteiger partial charge in [0, 0.05) is 32.9 Å². The van der Waals surface area contributed by atoms with Crippen LogP contribution < -0.4 is 5.32 Å². The molecule has 0 amide bonds. The number of nitrogens with one attached hydrogen (secondary N) is 1. The number of guanidine groups is 1. The summed E-state index contributed by atoms with van der Waals surface area (Å²) >= 11 is 0. The molecule has 0 bridgehead atoms. The average molecular weight is 290 g/mol. The lowest BCUT2D eigenvalue weighted by Gasteiger charge is -2.34. The van der Waals surface area contributed by atoms with Crippen molar-refractivity contribution in [2.45, 2.75) is 39.3 Å². The molecule has 21 heavy (non-hydrogen) atoms. The summed E-state index contributed by atoms with van der Waals surface area (Å²) in [5, 5.41) is 3.42. The zero-order chi connectivity index (χ0) is 15.1. The normalized spacial score (nSPS) is 17.1. The van der Waals surface area contributed by atoms with Crippen LogP contribution in [0.5, 0.6) is 0 Å². The largest absolute Gasteiger partial charge is 0.378 e. The number of hydrogen-bond donors (Lipinski definition) is 1. The Kier molecular flexibility index (Phi) is 5.99. The smallest absolute Gasteiger partial charge is 0.193 e. The van der Waals surface area contributed by atoms with E-state index in [1.165, 1.54) is 5.56 Å². The van der Waals surface area contributed by atoms with Gasteiger partial charge in [-0.15, -0.1) is 0 Å². The fraction of sp³-hybridized carbons (Fsp3) is 0.625. The van der Waals surface area contributed by atoms with Gasteiger partial charge in [0.1, 0.15) is 0 Å². The first-order valence-corrected chi connectivity index (χ1v) is 7.72. The van der Waals surface area contributed by atoms with Gasteiger partial charge >= 0.3 is 0 Å². The first kappa shape index (κ1) is 15.8. The van der Waals surface area contributed by atoms with Crippen molar-refractivity contribution in [1.82, 2.24) is 15.2 Å². The summed E-state index contributed by atoms with van der Waals surface area (Å²) in [5.41, 5.74) is 2.28. The van der Waals surface area contributed by atoms with Gasteiger partial charge in [-0.1, -0.05) is 6.07 Å². The maximum atomic E-state index is 5.69. The highest BCUT2D eigenvalue weighted by molar-refractivity contribution is 5.79. The number of pyridine rings is 1. The van der Waals surface area contributed by atoms with Crippen LogP contribution in [0.4, 0.5) is 0 Å². The number of piperidine rings is 1. The van der Waals surface area contributed by atoms with Crippen LogP contribution in [0.25, 0.3) is 0 Å². The second-order valence-corrected chi connectivity index (χ2v) is 5.31. The third-order valence-electron chi connectivity index (χ3n) is 3.89. The van der Waals surface area contributed by atoms with Crippen molar-refractivity contribution in [3.05, 3.63) is 29.6 Å². The molecule has 2 rings (SSSR count). The number of nitrogens with zero attached hydrogens (tertiary/aromatic N) is 3. The average Bonchev–Trinajstić information content (AvgIpc) is 2.51. The van der Waals surface area contributed by atoms with E-state index in [9.17, 15) is 0 Å². The van der Waals surface area contributed by atoms with Crippen molar-refractivity contribution in [1.29, 1.82) is 0 Å². The molecule has 1 fully saturated rings. The van der Waals surface area contributed by atoms with Gasteiger partial charge in [0.2, 0.25) is 0 Å². The molecule has 0 aromatic carbocycles. The summed E-state index contributed by atoms with van der Waals surface area (Å²) in [5.74, 6) is 0.954. The molecule has 1 N–H and O–H groups in total. The van der Waals surface area contributed by atoms with Crippen LogP contribution in [0.1, 0.15) is 31.0 Å². The summed E-state index contributed by atoms with van der Waals surface area (Å²) in [6, 6.07) is 4.05. The number of likely N-dealkylation sites (tertiary alicyclic amines) is 1. The highest BCUT2D eigenvalue weighted by Gasteiger charge is 2.21. The maximum Gasteiger partial charge on any atom is 0.193 e. The number of aryl methyl sites for hydroxylation is 1. The Morgan fingerprint density at radius 1 is 1.48 bits per heavy atom. The van der Waals surface area contributed by atoms with Gasteiger partial charge < -0.3 is 15.0 Å². The third-order valence-corrected chi connectivity index (χ3v) is 3.89. The Balaban J connectivity index is 1.86. The quantitative estimate of drug-likeness (QED) is 0.680. The van der Waals surface area contributed by atoms with E-state index in [0.29, 0.717) is 12.6 Å². The van der Waals surface area contributed by atoms with Gasteiger partial charge in [-0.05, 0) is 38.3 Å². The second-order valence-electron chi connectivity index (χ2n) is 5.31. The number of ether oxygens (including phenoxy) is 1. The first-order valence-electron chi connectivity index (χ1n) is 7.72. The molecule has 0 saturated carbocycles. The number of rotatable bonds is 4. The highest BCUT2D eigenvalue weighted by atomic mass is 16.5. The third kappa shape index (κ3) is 4.43. The number of hydrogen-bond acceptors (Lipinski definition) is 3. The minimum absolute atomic E-state index is 0.405. The molecule has 0 spiro atoms. The summed E-state index contributed by atoms with van der Waals surface area (Å²) < 4.78 is 5.69. The fourth-order valence-corrected chi connectivity index (χ4v) is 2.67. The number of aromatic nitrogens is 1. The van der Waals surface area contributed by atoms with Crippen LogP contribution in [0.2, 0.25) is 0 Å². The Morgan fingerprint density at radius 2 is 2.24 bits per heavy atom. The second kappa shape index (κ2) is 7.98. The molecular formula is C16H26N4O. The molecule has 116 valence electrons. The van der Waals surface area contributed by atoms with E-state index in [2.05, 4.69) is 40.1 Å². The van der Waals surface area contributed by atoms with Crippen LogP contribution in [-0.4, -0.2) is 48.7 Å². The molecule has 1 aliphatic heterocycles. The molecular weight excluding hydrogens is 264 g/mol. The lowest BCUT2D eigenvalue weighted by atomic mass is 10.1. The molecule has 0 unspecified atom stereocenters. The van der Waals surface area contributed by atoms with Gasteiger partial charge in [0.05, 0.1) is 18.3 Å². The maximum absolute atomic E-state index is 5.69.